The SMILES string of the molecule is COc1ccc(S(=O)(=O)NCC2=CCNCC2)c(OC)c1. The molecule has 1 aromatic carbocycles. The highest BCUT2D eigenvalue weighted by Crippen LogP contribution is 2.28. The van der Waals surface area contributed by atoms with E-state index in [2.05, 4.69) is 10.0 Å². The summed E-state index contributed by atoms with van der Waals surface area (Å²) in [5, 5.41) is 3.19. The number of sulfonamides is 1. The monoisotopic (exact) mass is 312 g/mol. The van der Waals surface area contributed by atoms with Crippen molar-refractivity contribution in [3.05, 3.63) is 29.8 Å². The Morgan fingerprint density at radius 3 is 2.71 bits per heavy atom. The topological polar surface area (TPSA) is 76.7 Å². The summed E-state index contributed by atoms with van der Waals surface area (Å²) in [6, 6.07) is 4.63. The number of hydrogen-bond donors (Lipinski definition) is 2. The van der Waals surface area contributed by atoms with Gasteiger partial charge < -0.3 is 14.8 Å². The molecule has 0 saturated carbocycles. The van der Waals surface area contributed by atoms with Crippen molar-refractivity contribution in [3.8, 4) is 11.5 Å². The third-order valence-corrected chi connectivity index (χ3v) is 4.75. The van der Waals surface area contributed by atoms with Crippen LogP contribution < -0.4 is 19.5 Å². The quantitative estimate of drug-likeness (QED) is 0.763. The van der Waals surface area contributed by atoms with Crippen molar-refractivity contribution >= 4 is 10.0 Å². The van der Waals surface area contributed by atoms with Gasteiger partial charge in [0.05, 0.1) is 14.2 Å². The second-order valence-electron chi connectivity index (χ2n) is 4.66. The first-order chi connectivity index (χ1) is 10.1. The van der Waals surface area contributed by atoms with Gasteiger partial charge in [-0.3, -0.25) is 0 Å². The molecule has 0 bridgehead atoms. The summed E-state index contributed by atoms with van der Waals surface area (Å²) in [5.74, 6) is 0.813. The average Bonchev–Trinajstić information content (AvgIpc) is 2.53. The smallest absolute Gasteiger partial charge is 0.244 e. The van der Waals surface area contributed by atoms with Gasteiger partial charge in [-0.2, -0.15) is 0 Å². The van der Waals surface area contributed by atoms with Crippen molar-refractivity contribution in [2.45, 2.75) is 11.3 Å². The van der Waals surface area contributed by atoms with E-state index in [0.717, 1.165) is 25.1 Å². The summed E-state index contributed by atoms with van der Waals surface area (Å²) in [7, 11) is -0.667. The summed E-state index contributed by atoms with van der Waals surface area (Å²) in [6.45, 7) is 1.97. The Hall–Kier alpha value is -1.57. The zero-order chi connectivity index (χ0) is 15.3. The molecule has 7 heteroatoms. The Morgan fingerprint density at radius 2 is 2.10 bits per heavy atom. The minimum atomic E-state index is -3.62. The van der Waals surface area contributed by atoms with Crippen molar-refractivity contribution in [1.82, 2.24) is 10.0 Å². The number of methoxy groups -OCH3 is 2. The van der Waals surface area contributed by atoms with E-state index in [4.69, 9.17) is 9.47 Å². The Labute approximate surface area is 125 Å². The molecule has 1 aromatic rings. The van der Waals surface area contributed by atoms with E-state index < -0.39 is 10.0 Å². The lowest BCUT2D eigenvalue weighted by atomic mass is 10.1. The lowest BCUT2D eigenvalue weighted by Crippen LogP contribution is -2.30. The largest absolute Gasteiger partial charge is 0.497 e. The maximum atomic E-state index is 12.4. The van der Waals surface area contributed by atoms with Gasteiger partial charge in [-0.25, -0.2) is 13.1 Å². The summed E-state index contributed by atoms with van der Waals surface area (Å²) in [4.78, 5) is 0.111. The van der Waals surface area contributed by atoms with E-state index in [-0.39, 0.29) is 10.6 Å². The van der Waals surface area contributed by atoms with E-state index in [0.29, 0.717) is 12.3 Å². The minimum absolute atomic E-state index is 0.111. The van der Waals surface area contributed by atoms with E-state index in [1.807, 2.05) is 6.08 Å². The molecule has 6 nitrogen and oxygen atoms in total. The molecule has 2 N–H and O–H groups in total. The van der Waals surface area contributed by atoms with Crippen LogP contribution in [-0.4, -0.2) is 42.3 Å². The number of hydrogen-bond acceptors (Lipinski definition) is 5. The summed E-state index contributed by atoms with van der Waals surface area (Å²) in [5.41, 5.74) is 1.09. The molecule has 2 rings (SSSR count). The molecular weight excluding hydrogens is 292 g/mol. The summed E-state index contributed by atoms with van der Waals surface area (Å²) < 4.78 is 37.6. The molecule has 0 unspecified atom stereocenters. The van der Waals surface area contributed by atoms with Crippen molar-refractivity contribution in [3.63, 3.8) is 0 Å². The van der Waals surface area contributed by atoms with Crippen LogP contribution in [0.2, 0.25) is 0 Å². The highest BCUT2D eigenvalue weighted by Gasteiger charge is 2.20. The first-order valence-corrected chi connectivity index (χ1v) is 8.15. The lowest BCUT2D eigenvalue weighted by molar-refractivity contribution is 0.386. The molecule has 0 amide bonds. The molecule has 0 aliphatic carbocycles. The van der Waals surface area contributed by atoms with Crippen LogP contribution in [0.3, 0.4) is 0 Å². The molecule has 1 aliphatic heterocycles. The number of ether oxygens (including phenoxy) is 2. The molecule has 0 aromatic heterocycles. The fourth-order valence-corrected chi connectivity index (χ4v) is 3.28. The maximum absolute atomic E-state index is 12.4. The van der Waals surface area contributed by atoms with Crippen LogP contribution in [0.1, 0.15) is 6.42 Å². The fourth-order valence-electron chi connectivity index (χ4n) is 2.09. The highest BCUT2D eigenvalue weighted by molar-refractivity contribution is 7.89. The Morgan fingerprint density at radius 1 is 1.29 bits per heavy atom. The normalized spacial score (nSPS) is 15.4. The third-order valence-electron chi connectivity index (χ3n) is 3.31. The first-order valence-electron chi connectivity index (χ1n) is 6.67. The van der Waals surface area contributed by atoms with Gasteiger partial charge in [-0.05, 0) is 25.1 Å². The van der Waals surface area contributed by atoms with Gasteiger partial charge in [0, 0.05) is 19.2 Å². The highest BCUT2D eigenvalue weighted by atomic mass is 32.2. The molecule has 116 valence electrons. The van der Waals surface area contributed by atoms with E-state index in [1.54, 1.807) is 12.1 Å². The van der Waals surface area contributed by atoms with Crippen LogP contribution in [0.4, 0.5) is 0 Å². The second kappa shape index (κ2) is 6.93. The van der Waals surface area contributed by atoms with Gasteiger partial charge in [-0.15, -0.1) is 0 Å². The zero-order valence-corrected chi connectivity index (χ0v) is 13.0. The van der Waals surface area contributed by atoms with Crippen LogP contribution in [-0.2, 0) is 10.0 Å². The van der Waals surface area contributed by atoms with Crippen LogP contribution in [0.5, 0.6) is 11.5 Å². The first kappa shape index (κ1) is 15.8. The maximum Gasteiger partial charge on any atom is 0.244 e. The van der Waals surface area contributed by atoms with E-state index >= 15 is 0 Å². The third kappa shape index (κ3) is 3.96. The van der Waals surface area contributed by atoms with Gasteiger partial charge in [-0.1, -0.05) is 11.6 Å². The summed E-state index contributed by atoms with van der Waals surface area (Å²) >= 11 is 0. The predicted molar refractivity (Wildman–Crippen MR) is 80.3 cm³/mol. The van der Waals surface area contributed by atoms with Gasteiger partial charge in [0.25, 0.3) is 0 Å². The van der Waals surface area contributed by atoms with Crippen LogP contribution in [0.25, 0.3) is 0 Å². The molecule has 1 heterocycles. The molecule has 21 heavy (non-hydrogen) atoms. The average molecular weight is 312 g/mol. The molecule has 0 spiro atoms. The molecule has 0 fully saturated rings. The number of nitrogens with one attached hydrogen (secondary N) is 2. The molecule has 0 saturated heterocycles. The lowest BCUT2D eigenvalue weighted by Gasteiger charge is -2.16. The molecule has 1 aliphatic rings. The molecule has 0 atom stereocenters. The zero-order valence-electron chi connectivity index (χ0n) is 12.2. The Bertz CT molecular complexity index is 626. The van der Waals surface area contributed by atoms with E-state index in [9.17, 15) is 8.42 Å². The molecular formula is C14H20N2O4S. The van der Waals surface area contributed by atoms with Crippen molar-refractivity contribution in [2.75, 3.05) is 33.9 Å². The number of rotatable bonds is 6. The van der Waals surface area contributed by atoms with Crippen LogP contribution in [0.15, 0.2) is 34.7 Å². The van der Waals surface area contributed by atoms with Gasteiger partial charge >= 0.3 is 0 Å². The second-order valence-corrected chi connectivity index (χ2v) is 6.39. The molecule has 0 radical (unpaired) electrons. The van der Waals surface area contributed by atoms with Gasteiger partial charge in [0.1, 0.15) is 16.4 Å². The van der Waals surface area contributed by atoms with Crippen molar-refractivity contribution in [2.24, 2.45) is 0 Å². The van der Waals surface area contributed by atoms with Gasteiger partial charge in [0.2, 0.25) is 10.0 Å². The van der Waals surface area contributed by atoms with Gasteiger partial charge in [0.15, 0.2) is 0 Å². The fraction of sp³-hybridized carbons (Fsp3) is 0.429. The Balaban J connectivity index is 2.16. The number of benzene rings is 1. The summed E-state index contributed by atoms with van der Waals surface area (Å²) in [6.07, 6.45) is 2.86. The minimum Gasteiger partial charge on any atom is -0.497 e. The standard InChI is InChI=1S/C14H20N2O4S/c1-19-12-3-4-14(13(9-12)20-2)21(17,18)16-10-11-5-7-15-8-6-11/h3-5,9,15-16H,6-8,10H2,1-2H3. The van der Waals surface area contributed by atoms with E-state index in [1.165, 1.54) is 20.3 Å². The van der Waals surface area contributed by atoms with Crippen LogP contribution >= 0.6 is 0 Å². The van der Waals surface area contributed by atoms with Crippen molar-refractivity contribution in [1.29, 1.82) is 0 Å². The van der Waals surface area contributed by atoms with Crippen LogP contribution in [0, 0.1) is 0 Å². The Kier molecular flexibility index (Phi) is 5.22. The predicted octanol–water partition coefficient (Wildman–Crippen LogP) is 0.902. The van der Waals surface area contributed by atoms with Crippen molar-refractivity contribution < 1.29 is 17.9 Å².